The van der Waals surface area contributed by atoms with Gasteiger partial charge in [-0.2, -0.15) is 4.31 Å². The van der Waals surface area contributed by atoms with Crippen molar-refractivity contribution in [3.63, 3.8) is 0 Å². The number of hydrogen-bond donors (Lipinski definition) is 1. The van der Waals surface area contributed by atoms with Crippen molar-refractivity contribution in [2.24, 2.45) is 0 Å². The Bertz CT molecular complexity index is 1160. The van der Waals surface area contributed by atoms with E-state index in [0.29, 0.717) is 13.1 Å². The van der Waals surface area contributed by atoms with Gasteiger partial charge in [-0.25, -0.2) is 13.2 Å². The number of halogens is 1. The van der Waals surface area contributed by atoms with Gasteiger partial charge in [0.15, 0.2) is 6.10 Å². The molecule has 3 rings (SSSR count). The van der Waals surface area contributed by atoms with Crippen LogP contribution in [0.25, 0.3) is 0 Å². The number of carbonyl (C=O) groups excluding carboxylic acids is 2. The van der Waals surface area contributed by atoms with Crippen molar-refractivity contribution in [3.05, 3.63) is 63.2 Å². The fraction of sp³-hybridized carbons (Fsp3) is 0.300. The van der Waals surface area contributed by atoms with E-state index in [0.717, 1.165) is 18.9 Å². The number of esters is 1. The Labute approximate surface area is 189 Å². The summed E-state index contributed by atoms with van der Waals surface area (Å²) in [6.45, 7) is 2.07. The third-order valence-electron chi connectivity index (χ3n) is 4.87. The van der Waals surface area contributed by atoms with Gasteiger partial charge >= 0.3 is 5.97 Å². The first-order valence-corrected chi connectivity index (χ1v) is 11.5. The van der Waals surface area contributed by atoms with E-state index < -0.39 is 32.9 Å². The van der Waals surface area contributed by atoms with Crippen molar-refractivity contribution < 1.29 is 27.7 Å². The topological polar surface area (TPSA) is 136 Å². The molecule has 0 spiro atoms. The molecule has 1 aliphatic rings. The molecule has 1 aliphatic heterocycles. The molecule has 170 valence electrons. The van der Waals surface area contributed by atoms with Crippen LogP contribution in [0.15, 0.2) is 47.4 Å². The molecule has 2 aromatic rings. The van der Waals surface area contributed by atoms with Gasteiger partial charge in [0.1, 0.15) is 5.69 Å². The number of benzene rings is 2. The normalized spacial score (nSPS) is 15.2. The Balaban J connectivity index is 1.75. The summed E-state index contributed by atoms with van der Waals surface area (Å²) in [7, 11) is -3.79. The predicted molar refractivity (Wildman–Crippen MR) is 116 cm³/mol. The number of nitro benzene ring substituents is 1. The number of anilines is 1. The third-order valence-corrected chi connectivity index (χ3v) is 7.10. The number of hydrogen-bond acceptors (Lipinski definition) is 7. The fourth-order valence-electron chi connectivity index (χ4n) is 3.15. The van der Waals surface area contributed by atoms with Crippen LogP contribution in [0.2, 0.25) is 5.02 Å². The van der Waals surface area contributed by atoms with Crippen molar-refractivity contribution in [3.8, 4) is 0 Å². The summed E-state index contributed by atoms with van der Waals surface area (Å²) in [6, 6.07) is 9.21. The van der Waals surface area contributed by atoms with Gasteiger partial charge in [-0.05, 0) is 44.0 Å². The number of carbonyl (C=O) groups is 2. The Hall–Kier alpha value is -3.02. The summed E-state index contributed by atoms with van der Waals surface area (Å²) in [5.41, 5.74) is -0.582. The molecular weight excluding hydrogens is 462 g/mol. The molecule has 2 aromatic carbocycles. The minimum absolute atomic E-state index is 0.0401. The number of nitrogens with zero attached hydrogens (tertiary/aromatic N) is 2. The van der Waals surface area contributed by atoms with Crippen molar-refractivity contribution in [2.75, 3.05) is 18.4 Å². The fourth-order valence-corrected chi connectivity index (χ4v) is 4.89. The molecular formula is C20H20ClN3O7S. The molecule has 1 N–H and O–H groups in total. The lowest BCUT2D eigenvalue weighted by atomic mass is 10.2. The standard InChI is InChI=1S/C20H20ClN3O7S/c1-13(19(25)22-17-6-2-3-7-18(17)24(27)28)31-20(26)15-12-14(8-9-16(15)21)32(29,30)23-10-4-5-11-23/h2-3,6-9,12-13H,4-5,10-11H2,1H3,(H,22,25). The molecule has 12 heteroatoms. The first-order valence-electron chi connectivity index (χ1n) is 9.66. The first-order chi connectivity index (χ1) is 15.1. The van der Waals surface area contributed by atoms with Crippen LogP contribution < -0.4 is 5.32 Å². The van der Waals surface area contributed by atoms with E-state index in [9.17, 15) is 28.1 Å². The van der Waals surface area contributed by atoms with Gasteiger partial charge < -0.3 is 10.1 Å². The molecule has 1 unspecified atom stereocenters. The summed E-state index contributed by atoms with van der Waals surface area (Å²) in [6.07, 6.45) is 0.180. The maximum absolute atomic E-state index is 12.8. The summed E-state index contributed by atoms with van der Waals surface area (Å²) < 4.78 is 32.0. The SMILES string of the molecule is CC(OC(=O)c1cc(S(=O)(=O)N2CCCC2)ccc1Cl)C(=O)Nc1ccccc1[N+](=O)[O-]. The van der Waals surface area contributed by atoms with Gasteiger partial charge in [-0.15, -0.1) is 0 Å². The van der Waals surface area contributed by atoms with Gasteiger partial charge in [0.2, 0.25) is 10.0 Å². The van der Waals surface area contributed by atoms with Gasteiger partial charge in [-0.3, -0.25) is 14.9 Å². The highest BCUT2D eigenvalue weighted by molar-refractivity contribution is 7.89. The third kappa shape index (κ3) is 5.06. The first kappa shape index (κ1) is 23.6. The Morgan fingerprint density at radius 3 is 2.50 bits per heavy atom. The number of para-hydroxylation sites is 2. The number of amides is 1. The van der Waals surface area contributed by atoms with Crippen LogP contribution in [0.3, 0.4) is 0 Å². The Morgan fingerprint density at radius 2 is 1.84 bits per heavy atom. The average Bonchev–Trinajstić information content (AvgIpc) is 3.30. The Kier molecular flexibility index (Phi) is 7.12. The van der Waals surface area contributed by atoms with Gasteiger partial charge in [0, 0.05) is 19.2 Å². The summed E-state index contributed by atoms with van der Waals surface area (Å²) >= 11 is 6.06. The largest absolute Gasteiger partial charge is 0.449 e. The molecule has 1 fully saturated rings. The summed E-state index contributed by atoms with van der Waals surface area (Å²) in [4.78, 5) is 35.3. The molecule has 0 bridgehead atoms. The number of ether oxygens (including phenoxy) is 1. The zero-order valence-corrected chi connectivity index (χ0v) is 18.6. The van der Waals surface area contributed by atoms with E-state index in [4.69, 9.17) is 16.3 Å². The second-order valence-corrected chi connectivity index (χ2v) is 9.41. The highest BCUT2D eigenvalue weighted by Crippen LogP contribution is 2.27. The van der Waals surface area contributed by atoms with E-state index in [1.165, 1.54) is 47.6 Å². The lowest BCUT2D eigenvalue weighted by molar-refractivity contribution is -0.383. The quantitative estimate of drug-likeness (QED) is 0.364. The monoisotopic (exact) mass is 481 g/mol. The summed E-state index contributed by atoms with van der Waals surface area (Å²) in [5, 5.41) is 13.4. The van der Waals surface area contributed by atoms with Crippen LogP contribution >= 0.6 is 11.6 Å². The predicted octanol–water partition coefficient (Wildman–Crippen LogP) is 3.22. The van der Waals surface area contributed by atoms with E-state index in [2.05, 4.69) is 5.32 Å². The second kappa shape index (κ2) is 9.63. The molecule has 32 heavy (non-hydrogen) atoms. The average molecular weight is 482 g/mol. The molecule has 1 atom stereocenters. The zero-order valence-electron chi connectivity index (χ0n) is 17.0. The minimum atomic E-state index is -3.79. The smallest absolute Gasteiger partial charge is 0.340 e. The van der Waals surface area contributed by atoms with E-state index >= 15 is 0 Å². The van der Waals surface area contributed by atoms with Crippen LogP contribution in [-0.2, 0) is 19.6 Å². The molecule has 0 aromatic heterocycles. The van der Waals surface area contributed by atoms with Crippen LogP contribution in [0.4, 0.5) is 11.4 Å². The highest BCUT2D eigenvalue weighted by atomic mass is 35.5. The molecule has 0 saturated carbocycles. The number of rotatable bonds is 7. The van der Waals surface area contributed by atoms with Crippen molar-refractivity contribution in [1.82, 2.24) is 4.31 Å². The lowest BCUT2D eigenvalue weighted by Crippen LogP contribution is -2.30. The van der Waals surface area contributed by atoms with Gasteiger partial charge in [0.25, 0.3) is 11.6 Å². The van der Waals surface area contributed by atoms with E-state index in [-0.39, 0.29) is 26.9 Å². The molecule has 10 nitrogen and oxygen atoms in total. The summed E-state index contributed by atoms with van der Waals surface area (Å²) in [5.74, 6) is -1.80. The molecule has 0 aliphatic carbocycles. The van der Waals surface area contributed by atoms with Gasteiger partial charge in [0.05, 0.1) is 20.4 Å². The Morgan fingerprint density at radius 1 is 1.19 bits per heavy atom. The van der Waals surface area contributed by atoms with Gasteiger partial charge in [-0.1, -0.05) is 23.7 Å². The second-order valence-electron chi connectivity index (χ2n) is 7.06. The zero-order chi connectivity index (χ0) is 23.5. The molecule has 1 amide bonds. The maximum Gasteiger partial charge on any atom is 0.340 e. The number of nitro groups is 1. The van der Waals surface area contributed by atoms with Crippen LogP contribution in [-0.4, -0.2) is 48.7 Å². The van der Waals surface area contributed by atoms with Crippen LogP contribution in [0.5, 0.6) is 0 Å². The molecule has 1 heterocycles. The lowest BCUT2D eigenvalue weighted by Gasteiger charge is -2.17. The van der Waals surface area contributed by atoms with E-state index in [1.807, 2.05) is 0 Å². The maximum atomic E-state index is 12.8. The highest BCUT2D eigenvalue weighted by Gasteiger charge is 2.29. The van der Waals surface area contributed by atoms with E-state index in [1.54, 1.807) is 0 Å². The molecule has 1 saturated heterocycles. The van der Waals surface area contributed by atoms with Crippen molar-refractivity contribution in [1.29, 1.82) is 0 Å². The molecule has 0 radical (unpaired) electrons. The van der Waals surface area contributed by atoms with Crippen molar-refractivity contribution >= 4 is 44.9 Å². The van der Waals surface area contributed by atoms with Crippen LogP contribution in [0, 0.1) is 10.1 Å². The minimum Gasteiger partial charge on any atom is -0.449 e. The number of nitrogens with one attached hydrogen (secondary N) is 1. The number of sulfonamides is 1. The van der Waals surface area contributed by atoms with Crippen molar-refractivity contribution in [2.45, 2.75) is 30.8 Å². The van der Waals surface area contributed by atoms with Crippen LogP contribution in [0.1, 0.15) is 30.1 Å².